The highest BCUT2D eigenvalue weighted by atomic mass is 32.2. The SMILES string of the molecule is Cc1cnn(CCC(=O)N2CCCC(C3=NS(=O)(=O)c4ccccc4N3)C2)c1. The molecule has 4 rings (SSSR count). The van der Waals surface area contributed by atoms with Crippen molar-refractivity contribution in [1.29, 1.82) is 0 Å². The minimum absolute atomic E-state index is 0.0533. The van der Waals surface area contributed by atoms with Crippen LogP contribution < -0.4 is 5.32 Å². The van der Waals surface area contributed by atoms with Crippen molar-refractivity contribution in [3.63, 3.8) is 0 Å². The van der Waals surface area contributed by atoms with Gasteiger partial charge in [0.05, 0.1) is 11.9 Å². The fraction of sp³-hybridized carbons (Fsp3) is 0.421. The van der Waals surface area contributed by atoms with Crippen LogP contribution in [0.3, 0.4) is 0 Å². The Hall–Kier alpha value is -2.68. The Morgan fingerprint density at radius 2 is 2.14 bits per heavy atom. The Labute approximate surface area is 164 Å². The van der Waals surface area contributed by atoms with Gasteiger partial charge in [0.25, 0.3) is 10.0 Å². The van der Waals surface area contributed by atoms with Gasteiger partial charge < -0.3 is 10.2 Å². The van der Waals surface area contributed by atoms with Gasteiger partial charge in [0.2, 0.25) is 5.91 Å². The number of para-hydroxylation sites is 1. The number of likely N-dealkylation sites (tertiary alicyclic amines) is 1. The maximum atomic E-state index is 12.6. The molecule has 1 amide bonds. The van der Waals surface area contributed by atoms with Crippen LogP contribution in [-0.4, -0.2) is 47.9 Å². The molecule has 1 aromatic carbocycles. The lowest BCUT2D eigenvalue weighted by atomic mass is 9.96. The van der Waals surface area contributed by atoms with Crippen LogP contribution in [0.5, 0.6) is 0 Å². The predicted octanol–water partition coefficient (Wildman–Crippen LogP) is 2.03. The molecular weight excluding hydrogens is 378 g/mol. The molecule has 9 heteroatoms. The molecule has 2 aliphatic heterocycles. The fourth-order valence-electron chi connectivity index (χ4n) is 3.70. The normalized spacial score (nSPS) is 20.8. The van der Waals surface area contributed by atoms with Crippen LogP contribution in [0.4, 0.5) is 5.69 Å². The number of benzene rings is 1. The highest BCUT2D eigenvalue weighted by molar-refractivity contribution is 7.90. The lowest BCUT2D eigenvalue weighted by Gasteiger charge is -2.34. The maximum absolute atomic E-state index is 12.6. The van der Waals surface area contributed by atoms with Crippen LogP contribution in [0.1, 0.15) is 24.8 Å². The van der Waals surface area contributed by atoms with E-state index in [0.29, 0.717) is 37.6 Å². The Morgan fingerprint density at radius 3 is 2.93 bits per heavy atom. The topological polar surface area (TPSA) is 96.7 Å². The third-order valence-electron chi connectivity index (χ3n) is 5.12. The summed E-state index contributed by atoms with van der Waals surface area (Å²) >= 11 is 0. The number of sulfonamides is 1. The fourth-order valence-corrected chi connectivity index (χ4v) is 4.89. The number of amides is 1. The van der Waals surface area contributed by atoms with Crippen molar-refractivity contribution < 1.29 is 13.2 Å². The van der Waals surface area contributed by atoms with Gasteiger partial charge in [0.15, 0.2) is 0 Å². The van der Waals surface area contributed by atoms with Crippen molar-refractivity contribution in [2.24, 2.45) is 10.3 Å². The quantitative estimate of drug-likeness (QED) is 0.846. The molecule has 148 valence electrons. The minimum Gasteiger partial charge on any atom is -0.342 e. The average Bonchev–Trinajstić information content (AvgIpc) is 3.11. The van der Waals surface area contributed by atoms with Gasteiger partial charge in [0, 0.05) is 38.2 Å². The van der Waals surface area contributed by atoms with Crippen molar-refractivity contribution in [1.82, 2.24) is 14.7 Å². The summed E-state index contributed by atoms with van der Waals surface area (Å²) in [6.45, 7) is 3.66. The van der Waals surface area contributed by atoms with Gasteiger partial charge >= 0.3 is 0 Å². The van der Waals surface area contributed by atoms with Crippen molar-refractivity contribution >= 4 is 27.5 Å². The summed E-state index contributed by atoms with van der Waals surface area (Å²) in [5, 5.41) is 7.37. The summed E-state index contributed by atoms with van der Waals surface area (Å²) in [6.07, 6.45) is 5.67. The Kier molecular flexibility index (Phi) is 4.92. The van der Waals surface area contributed by atoms with E-state index in [4.69, 9.17) is 0 Å². The second-order valence-electron chi connectivity index (χ2n) is 7.28. The molecule has 3 heterocycles. The third-order valence-corrected chi connectivity index (χ3v) is 6.47. The molecular formula is C19H23N5O3S. The first-order valence-electron chi connectivity index (χ1n) is 9.40. The molecule has 8 nitrogen and oxygen atoms in total. The number of fused-ring (bicyclic) bond motifs is 1. The van der Waals surface area contributed by atoms with E-state index in [0.717, 1.165) is 18.4 Å². The largest absolute Gasteiger partial charge is 0.342 e. The first kappa shape index (κ1) is 18.7. The van der Waals surface area contributed by atoms with Crippen molar-refractivity contribution in [3.8, 4) is 0 Å². The zero-order valence-electron chi connectivity index (χ0n) is 15.7. The smallest absolute Gasteiger partial charge is 0.286 e. The Bertz CT molecular complexity index is 1030. The molecule has 0 radical (unpaired) electrons. The molecule has 1 saturated heterocycles. The third kappa shape index (κ3) is 3.80. The number of carbonyl (C=O) groups is 1. The van der Waals surface area contributed by atoms with E-state index in [2.05, 4.69) is 14.8 Å². The molecule has 2 aliphatic rings. The van der Waals surface area contributed by atoms with Gasteiger partial charge in [-0.2, -0.15) is 13.5 Å². The van der Waals surface area contributed by atoms with Gasteiger partial charge in [-0.25, -0.2) is 0 Å². The van der Waals surface area contributed by atoms with Gasteiger partial charge in [-0.05, 0) is 37.5 Å². The number of rotatable bonds is 4. The number of carbonyl (C=O) groups excluding carboxylic acids is 1. The highest BCUT2D eigenvalue weighted by Crippen LogP contribution is 2.30. The highest BCUT2D eigenvalue weighted by Gasteiger charge is 2.32. The van der Waals surface area contributed by atoms with Crippen molar-refractivity contribution in [3.05, 3.63) is 42.2 Å². The summed E-state index contributed by atoms with van der Waals surface area (Å²) < 4.78 is 30.7. The lowest BCUT2D eigenvalue weighted by molar-refractivity contribution is -0.132. The van der Waals surface area contributed by atoms with Crippen LogP contribution >= 0.6 is 0 Å². The summed E-state index contributed by atoms with van der Waals surface area (Å²) in [6, 6.07) is 6.75. The van der Waals surface area contributed by atoms with Crippen LogP contribution in [0.25, 0.3) is 0 Å². The summed E-state index contributed by atoms with van der Waals surface area (Å²) in [7, 11) is -3.71. The Balaban J connectivity index is 1.44. The molecule has 28 heavy (non-hydrogen) atoms. The number of aromatic nitrogens is 2. The first-order chi connectivity index (χ1) is 13.4. The standard InChI is InChI=1S/C19H23N5O3S/c1-14-11-20-24(12-14)10-8-18(25)23-9-4-5-15(13-23)19-21-16-6-2-3-7-17(16)28(26,27)22-19/h2-3,6-7,11-12,15H,4-5,8-10,13H2,1H3,(H,21,22). The molecule has 1 atom stereocenters. The van der Waals surface area contributed by atoms with E-state index < -0.39 is 10.0 Å². The number of nitrogens with zero attached hydrogens (tertiary/aromatic N) is 4. The van der Waals surface area contributed by atoms with E-state index in [-0.39, 0.29) is 16.7 Å². The molecule has 1 fully saturated rings. The van der Waals surface area contributed by atoms with E-state index in [1.54, 1.807) is 35.1 Å². The molecule has 1 N–H and O–H groups in total. The van der Waals surface area contributed by atoms with Gasteiger partial charge in [-0.3, -0.25) is 9.48 Å². The number of aryl methyl sites for hydroxylation is 2. The predicted molar refractivity (Wildman–Crippen MR) is 106 cm³/mol. The number of anilines is 1. The molecule has 1 unspecified atom stereocenters. The number of hydrogen-bond donors (Lipinski definition) is 1. The molecule has 0 spiro atoms. The first-order valence-corrected chi connectivity index (χ1v) is 10.8. The average molecular weight is 401 g/mol. The summed E-state index contributed by atoms with van der Waals surface area (Å²) in [5.41, 5.74) is 1.61. The number of nitrogens with one attached hydrogen (secondary N) is 1. The maximum Gasteiger partial charge on any atom is 0.286 e. The minimum atomic E-state index is -3.71. The monoisotopic (exact) mass is 401 g/mol. The second-order valence-corrected chi connectivity index (χ2v) is 8.85. The van der Waals surface area contributed by atoms with Crippen LogP contribution in [0, 0.1) is 12.8 Å². The van der Waals surface area contributed by atoms with E-state index in [1.165, 1.54) is 0 Å². The molecule has 0 bridgehead atoms. The van der Waals surface area contributed by atoms with E-state index >= 15 is 0 Å². The van der Waals surface area contributed by atoms with Gasteiger partial charge in [-0.15, -0.1) is 4.40 Å². The molecule has 0 saturated carbocycles. The molecule has 1 aromatic heterocycles. The van der Waals surface area contributed by atoms with Gasteiger partial charge in [-0.1, -0.05) is 12.1 Å². The number of amidine groups is 1. The zero-order valence-corrected chi connectivity index (χ0v) is 16.5. The molecule has 0 aliphatic carbocycles. The van der Waals surface area contributed by atoms with Crippen LogP contribution in [-0.2, 0) is 21.4 Å². The van der Waals surface area contributed by atoms with Crippen molar-refractivity contribution in [2.45, 2.75) is 37.6 Å². The zero-order chi connectivity index (χ0) is 19.7. The van der Waals surface area contributed by atoms with E-state index in [1.807, 2.05) is 18.0 Å². The second kappa shape index (κ2) is 7.38. The summed E-state index contributed by atoms with van der Waals surface area (Å²) in [4.78, 5) is 14.6. The van der Waals surface area contributed by atoms with Crippen LogP contribution in [0.2, 0.25) is 0 Å². The van der Waals surface area contributed by atoms with Crippen molar-refractivity contribution in [2.75, 3.05) is 18.4 Å². The Morgan fingerprint density at radius 1 is 1.32 bits per heavy atom. The number of hydrogen-bond acceptors (Lipinski definition) is 5. The van der Waals surface area contributed by atoms with Gasteiger partial charge in [0.1, 0.15) is 10.7 Å². The number of piperidine rings is 1. The summed E-state index contributed by atoms with van der Waals surface area (Å²) in [5.74, 6) is 0.365. The van der Waals surface area contributed by atoms with Crippen LogP contribution in [0.15, 0.2) is 46.0 Å². The van der Waals surface area contributed by atoms with E-state index in [9.17, 15) is 13.2 Å². The lowest BCUT2D eigenvalue weighted by Crippen LogP contribution is -2.44. The molecule has 2 aromatic rings.